The van der Waals surface area contributed by atoms with E-state index in [9.17, 15) is 22.8 Å². The van der Waals surface area contributed by atoms with E-state index in [1.165, 1.54) is 24.4 Å². The fourth-order valence-electron chi connectivity index (χ4n) is 3.42. The molecule has 2 aromatic rings. The van der Waals surface area contributed by atoms with Crippen LogP contribution in [0.15, 0.2) is 65.7 Å². The number of benzene rings is 2. The number of hydrogen-bond acceptors (Lipinski definition) is 7. The highest BCUT2D eigenvalue weighted by Gasteiger charge is 2.29. The van der Waals surface area contributed by atoms with Crippen molar-refractivity contribution in [3.8, 4) is 0 Å². The first-order valence-corrected chi connectivity index (χ1v) is 13.7. The highest BCUT2D eigenvalue weighted by atomic mass is 32.2. The van der Waals surface area contributed by atoms with Crippen LogP contribution in [0.5, 0.6) is 0 Å². The van der Waals surface area contributed by atoms with Gasteiger partial charge in [-0.25, -0.2) is 8.42 Å². The molecule has 0 fully saturated rings. The molecule has 0 unspecified atom stereocenters. The van der Waals surface area contributed by atoms with E-state index in [0.29, 0.717) is 11.1 Å². The van der Waals surface area contributed by atoms with Gasteiger partial charge >= 0.3 is 0 Å². The molecule has 1 atom stereocenters. The summed E-state index contributed by atoms with van der Waals surface area (Å²) in [7, 11) is -4.10. The van der Waals surface area contributed by atoms with Gasteiger partial charge in [-0.05, 0) is 64.2 Å². The molecule has 0 aliphatic carbocycles. The van der Waals surface area contributed by atoms with Crippen LogP contribution in [0.1, 0.15) is 48.7 Å². The summed E-state index contributed by atoms with van der Waals surface area (Å²) in [4.78, 5) is 37.9. The van der Waals surface area contributed by atoms with Gasteiger partial charge in [-0.15, -0.1) is 0 Å². The van der Waals surface area contributed by atoms with Crippen LogP contribution in [-0.2, 0) is 19.6 Å². The molecule has 0 bridgehead atoms. The van der Waals surface area contributed by atoms with Gasteiger partial charge in [-0.1, -0.05) is 29.8 Å². The van der Waals surface area contributed by atoms with Crippen LogP contribution in [0.2, 0.25) is 0 Å². The van der Waals surface area contributed by atoms with Gasteiger partial charge in [-0.2, -0.15) is 4.72 Å². The molecule has 12 heteroatoms. The summed E-state index contributed by atoms with van der Waals surface area (Å²) in [5.74, 6) is -1.64. The first-order chi connectivity index (χ1) is 18.2. The Morgan fingerprint density at radius 3 is 2.23 bits per heavy atom. The van der Waals surface area contributed by atoms with Crippen LogP contribution >= 0.6 is 0 Å². The predicted octanol–water partition coefficient (Wildman–Crippen LogP) is 1.33. The minimum Gasteiger partial charge on any atom is -0.405 e. The van der Waals surface area contributed by atoms with Crippen LogP contribution in [0.4, 0.5) is 0 Å². The monoisotopic (exact) mass is 556 g/mol. The van der Waals surface area contributed by atoms with E-state index in [2.05, 4.69) is 20.7 Å². The molecule has 2 rings (SSSR count). The van der Waals surface area contributed by atoms with E-state index in [1.54, 1.807) is 57.2 Å². The Morgan fingerprint density at radius 1 is 1.00 bits per heavy atom. The summed E-state index contributed by atoms with van der Waals surface area (Å²) in [5.41, 5.74) is 6.58. The average molecular weight is 557 g/mol. The molecule has 0 saturated heterocycles. The zero-order valence-electron chi connectivity index (χ0n) is 22.5. The molecule has 0 aliphatic heterocycles. The van der Waals surface area contributed by atoms with E-state index >= 15 is 0 Å². The van der Waals surface area contributed by atoms with Crippen molar-refractivity contribution in [3.63, 3.8) is 0 Å². The summed E-state index contributed by atoms with van der Waals surface area (Å²) in [5, 5.41) is 15.9. The van der Waals surface area contributed by atoms with Crippen molar-refractivity contribution in [1.29, 1.82) is 5.41 Å². The van der Waals surface area contributed by atoms with Crippen LogP contribution in [0, 0.1) is 12.3 Å². The third-order valence-electron chi connectivity index (χ3n) is 5.26. The third kappa shape index (κ3) is 10.3. The fourth-order valence-corrected chi connectivity index (χ4v) is 4.62. The largest absolute Gasteiger partial charge is 0.405 e. The molecule has 0 radical (unpaired) electrons. The zero-order chi connectivity index (χ0) is 29.2. The fraction of sp³-hybridized carbons (Fsp3) is 0.333. The van der Waals surface area contributed by atoms with E-state index in [1.807, 2.05) is 6.92 Å². The summed E-state index contributed by atoms with van der Waals surface area (Å²) in [6.07, 6.45) is 2.22. The topological polar surface area (TPSA) is 183 Å². The molecule has 0 aliphatic rings. The maximum absolute atomic E-state index is 12.9. The van der Waals surface area contributed by atoms with Crippen molar-refractivity contribution in [3.05, 3.63) is 77.5 Å². The van der Waals surface area contributed by atoms with Crippen molar-refractivity contribution in [2.24, 2.45) is 5.73 Å². The number of nitrogens with two attached hydrogens (primary N) is 1. The summed E-state index contributed by atoms with van der Waals surface area (Å²) >= 11 is 0. The zero-order valence-corrected chi connectivity index (χ0v) is 23.3. The van der Waals surface area contributed by atoms with Crippen LogP contribution in [-0.4, -0.2) is 56.5 Å². The third-order valence-corrected chi connectivity index (χ3v) is 6.75. The van der Waals surface area contributed by atoms with Crippen molar-refractivity contribution in [2.45, 2.75) is 50.6 Å². The Hall–Kier alpha value is -4.03. The molecule has 0 heterocycles. The standard InChI is InChI=1S/C27H36N6O5S/c1-18-8-10-21(11-9-18)39(37,38)33-23(17-24(34)32-27(2,3)4)26(36)31-15-14-30-25(35)20-7-5-6-19(16-20)22(29)12-13-28/h5-13,16,23,29,33H,14-15,17,28H2,1-4H3,(H,30,35)(H,31,36)(H,32,34)/b13-12-,29-22?/t23-/m0/s1. The van der Waals surface area contributed by atoms with Crippen molar-refractivity contribution >= 4 is 33.5 Å². The molecule has 3 amide bonds. The van der Waals surface area contributed by atoms with Crippen molar-refractivity contribution in [1.82, 2.24) is 20.7 Å². The summed E-state index contributed by atoms with van der Waals surface area (Å²) in [6, 6.07) is 11.2. The smallest absolute Gasteiger partial charge is 0.251 e. The molecule has 210 valence electrons. The lowest BCUT2D eigenvalue weighted by molar-refractivity contribution is -0.128. The molecular weight excluding hydrogens is 520 g/mol. The van der Waals surface area contributed by atoms with Crippen LogP contribution in [0.25, 0.3) is 0 Å². The Morgan fingerprint density at radius 2 is 1.62 bits per heavy atom. The normalized spacial score (nSPS) is 12.5. The van der Waals surface area contributed by atoms with Gasteiger partial charge in [0, 0.05) is 29.8 Å². The number of carbonyl (C=O) groups is 3. The number of aryl methyl sites for hydroxylation is 1. The first-order valence-electron chi connectivity index (χ1n) is 12.2. The van der Waals surface area contributed by atoms with Crippen LogP contribution in [0.3, 0.4) is 0 Å². The summed E-state index contributed by atoms with van der Waals surface area (Å²) in [6.45, 7) is 7.16. The van der Waals surface area contributed by atoms with Gasteiger partial charge in [0.2, 0.25) is 21.8 Å². The van der Waals surface area contributed by atoms with Gasteiger partial charge in [-0.3, -0.25) is 14.4 Å². The lowest BCUT2D eigenvalue weighted by atomic mass is 10.1. The number of allylic oxidation sites excluding steroid dienone is 1. The Labute approximate surface area is 229 Å². The Balaban J connectivity index is 2.04. The highest BCUT2D eigenvalue weighted by Crippen LogP contribution is 2.12. The molecule has 2 aromatic carbocycles. The van der Waals surface area contributed by atoms with Crippen molar-refractivity contribution in [2.75, 3.05) is 13.1 Å². The molecular formula is C27H36N6O5S. The lowest BCUT2D eigenvalue weighted by Gasteiger charge is -2.23. The second-order valence-corrected chi connectivity index (χ2v) is 11.6. The second kappa shape index (κ2) is 13.7. The molecule has 7 N–H and O–H groups in total. The number of sulfonamides is 1. The Bertz CT molecular complexity index is 1330. The number of hydrogen-bond donors (Lipinski definition) is 6. The minimum absolute atomic E-state index is 0.0142. The predicted molar refractivity (Wildman–Crippen MR) is 150 cm³/mol. The van der Waals surface area contributed by atoms with E-state index in [0.717, 1.165) is 5.56 Å². The number of amides is 3. The quantitative estimate of drug-likeness (QED) is 0.169. The maximum atomic E-state index is 12.9. The number of rotatable bonds is 12. The first kappa shape index (κ1) is 31.2. The maximum Gasteiger partial charge on any atom is 0.251 e. The van der Waals surface area contributed by atoms with E-state index in [4.69, 9.17) is 11.1 Å². The highest BCUT2D eigenvalue weighted by molar-refractivity contribution is 7.89. The van der Waals surface area contributed by atoms with Gasteiger partial charge in [0.15, 0.2) is 0 Å². The van der Waals surface area contributed by atoms with Crippen LogP contribution < -0.4 is 26.4 Å². The average Bonchev–Trinajstić information content (AvgIpc) is 2.85. The molecule has 0 spiro atoms. The van der Waals surface area contributed by atoms with E-state index < -0.39 is 45.7 Å². The van der Waals surface area contributed by atoms with Gasteiger partial charge in [0.25, 0.3) is 5.91 Å². The Kier molecular flexibility index (Phi) is 10.9. The van der Waals surface area contributed by atoms with Gasteiger partial charge in [0.05, 0.1) is 17.0 Å². The van der Waals surface area contributed by atoms with Gasteiger partial charge < -0.3 is 27.1 Å². The van der Waals surface area contributed by atoms with E-state index in [-0.39, 0.29) is 23.7 Å². The number of nitrogens with one attached hydrogen (secondary N) is 5. The molecule has 0 aromatic heterocycles. The summed E-state index contributed by atoms with van der Waals surface area (Å²) < 4.78 is 28.1. The minimum atomic E-state index is -4.10. The lowest BCUT2D eigenvalue weighted by Crippen LogP contribution is -2.51. The number of carbonyl (C=O) groups excluding carboxylic acids is 3. The second-order valence-electron chi connectivity index (χ2n) is 9.89. The SMILES string of the molecule is Cc1ccc(S(=O)(=O)N[C@@H](CC(=O)NC(C)(C)C)C(=O)NCCNC(=O)c2cccc(C(=N)/C=C\N)c2)cc1. The van der Waals surface area contributed by atoms with Gasteiger partial charge in [0.1, 0.15) is 6.04 Å². The van der Waals surface area contributed by atoms with Crippen molar-refractivity contribution < 1.29 is 22.8 Å². The molecule has 39 heavy (non-hydrogen) atoms. The molecule has 11 nitrogen and oxygen atoms in total. The molecule has 0 saturated carbocycles.